The number of benzene rings is 3. The van der Waals surface area contributed by atoms with Gasteiger partial charge in [0.1, 0.15) is 5.75 Å². The minimum atomic E-state index is -1.23. The van der Waals surface area contributed by atoms with Crippen molar-refractivity contribution in [1.82, 2.24) is 0 Å². The van der Waals surface area contributed by atoms with Gasteiger partial charge in [-0.2, -0.15) is 0 Å². The Kier molecular flexibility index (Phi) is 3.64. The van der Waals surface area contributed by atoms with E-state index in [1.165, 1.54) is 12.1 Å². The molecule has 0 fully saturated rings. The molecule has 6 heteroatoms. The van der Waals surface area contributed by atoms with Crippen LogP contribution < -0.4 is 4.74 Å². The molecule has 0 aliphatic rings. The summed E-state index contributed by atoms with van der Waals surface area (Å²) in [6.07, 6.45) is 0. The smallest absolute Gasteiger partial charge is 0.335 e. The first-order valence-corrected chi connectivity index (χ1v) is 6.73. The minimum Gasteiger partial charge on any atom is -0.478 e. The molecule has 0 aliphatic carbocycles. The second kappa shape index (κ2) is 5.76. The van der Waals surface area contributed by atoms with Gasteiger partial charge in [0, 0.05) is 6.07 Å². The standard InChI is InChI=1S/C17H11NO5/c19-17(20)13-6-8-16(15(10-13)18(21)22)23-14-7-5-11-3-1-2-4-12(11)9-14/h1-10H,(H,19,20). The van der Waals surface area contributed by atoms with Gasteiger partial charge in [0.25, 0.3) is 0 Å². The Labute approximate surface area is 130 Å². The highest BCUT2D eigenvalue weighted by Gasteiger charge is 2.19. The second-order valence-corrected chi connectivity index (χ2v) is 4.86. The van der Waals surface area contributed by atoms with Gasteiger partial charge in [-0.25, -0.2) is 4.79 Å². The molecule has 0 bridgehead atoms. The molecule has 0 radical (unpaired) electrons. The fourth-order valence-electron chi connectivity index (χ4n) is 2.24. The maximum atomic E-state index is 11.1. The SMILES string of the molecule is O=C(O)c1ccc(Oc2ccc3ccccc3c2)c([N+](=O)[O-])c1. The van der Waals surface area contributed by atoms with Crippen LogP contribution in [0.4, 0.5) is 5.69 Å². The van der Waals surface area contributed by atoms with Crippen molar-refractivity contribution in [2.75, 3.05) is 0 Å². The average Bonchev–Trinajstić information content (AvgIpc) is 2.54. The Morgan fingerprint density at radius 2 is 1.74 bits per heavy atom. The van der Waals surface area contributed by atoms with E-state index >= 15 is 0 Å². The highest BCUT2D eigenvalue weighted by atomic mass is 16.6. The Hall–Kier alpha value is -3.41. The molecule has 23 heavy (non-hydrogen) atoms. The number of ether oxygens (including phenoxy) is 1. The zero-order chi connectivity index (χ0) is 16.4. The molecule has 3 rings (SSSR count). The first-order valence-electron chi connectivity index (χ1n) is 6.73. The van der Waals surface area contributed by atoms with Crippen LogP contribution in [0, 0.1) is 10.1 Å². The van der Waals surface area contributed by atoms with Crippen LogP contribution in [0.1, 0.15) is 10.4 Å². The van der Waals surface area contributed by atoms with E-state index in [0.29, 0.717) is 5.75 Å². The Balaban J connectivity index is 2.00. The number of hydrogen-bond donors (Lipinski definition) is 1. The number of nitro benzene ring substituents is 1. The zero-order valence-corrected chi connectivity index (χ0v) is 11.8. The van der Waals surface area contributed by atoms with Crippen molar-refractivity contribution < 1.29 is 19.6 Å². The van der Waals surface area contributed by atoms with Gasteiger partial charge < -0.3 is 9.84 Å². The molecule has 0 unspecified atom stereocenters. The van der Waals surface area contributed by atoms with Gasteiger partial charge in [0.05, 0.1) is 10.5 Å². The molecule has 1 N–H and O–H groups in total. The predicted octanol–water partition coefficient (Wildman–Crippen LogP) is 4.24. The fourth-order valence-corrected chi connectivity index (χ4v) is 2.24. The zero-order valence-electron chi connectivity index (χ0n) is 11.8. The first-order chi connectivity index (χ1) is 11.0. The summed E-state index contributed by atoms with van der Waals surface area (Å²) >= 11 is 0. The average molecular weight is 309 g/mol. The molecule has 0 heterocycles. The molecule has 3 aromatic carbocycles. The van der Waals surface area contributed by atoms with Gasteiger partial charge in [0.15, 0.2) is 0 Å². The fraction of sp³-hybridized carbons (Fsp3) is 0. The van der Waals surface area contributed by atoms with Gasteiger partial charge in [-0.1, -0.05) is 30.3 Å². The van der Waals surface area contributed by atoms with E-state index in [1.54, 1.807) is 12.1 Å². The molecule has 6 nitrogen and oxygen atoms in total. The number of hydrogen-bond acceptors (Lipinski definition) is 4. The largest absolute Gasteiger partial charge is 0.478 e. The maximum Gasteiger partial charge on any atom is 0.335 e. The highest BCUT2D eigenvalue weighted by Crippen LogP contribution is 2.33. The lowest BCUT2D eigenvalue weighted by Gasteiger charge is -2.08. The van der Waals surface area contributed by atoms with Crippen LogP contribution >= 0.6 is 0 Å². The van der Waals surface area contributed by atoms with Crippen molar-refractivity contribution in [3.05, 3.63) is 76.3 Å². The molecule has 114 valence electrons. The van der Waals surface area contributed by atoms with E-state index in [-0.39, 0.29) is 11.3 Å². The number of carbonyl (C=O) groups is 1. The van der Waals surface area contributed by atoms with Crippen LogP contribution in [0.15, 0.2) is 60.7 Å². The van der Waals surface area contributed by atoms with Crippen molar-refractivity contribution in [1.29, 1.82) is 0 Å². The third-order valence-electron chi connectivity index (χ3n) is 3.35. The summed E-state index contributed by atoms with van der Waals surface area (Å²) in [6.45, 7) is 0. The Morgan fingerprint density at radius 1 is 1.00 bits per heavy atom. The van der Waals surface area contributed by atoms with Crippen molar-refractivity contribution in [3.63, 3.8) is 0 Å². The molecule has 0 spiro atoms. The van der Waals surface area contributed by atoms with Crippen LogP contribution in [-0.4, -0.2) is 16.0 Å². The van der Waals surface area contributed by atoms with Crippen LogP contribution in [0.3, 0.4) is 0 Å². The third kappa shape index (κ3) is 2.96. The van der Waals surface area contributed by atoms with Crippen LogP contribution in [0.2, 0.25) is 0 Å². The molecular formula is C17H11NO5. The minimum absolute atomic E-state index is 0.00437. The van der Waals surface area contributed by atoms with Crippen molar-refractivity contribution in [3.8, 4) is 11.5 Å². The summed E-state index contributed by atoms with van der Waals surface area (Å²) < 4.78 is 5.58. The monoisotopic (exact) mass is 309 g/mol. The number of fused-ring (bicyclic) bond motifs is 1. The van der Waals surface area contributed by atoms with Crippen molar-refractivity contribution in [2.45, 2.75) is 0 Å². The van der Waals surface area contributed by atoms with Crippen LogP contribution in [0.5, 0.6) is 11.5 Å². The number of aromatic carboxylic acids is 1. The van der Waals surface area contributed by atoms with E-state index < -0.39 is 16.6 Å². The van der Waals surface area contributed by atoms with Gasteiger partial charge in [-0.05, 0) is 35.0 Å². The molecule has 0 aromatic heterocycles. The molecule has 0 saturated carbocycles. The molecule has 3 aromatic rings. The van der Waals surface area contributed by atoms with E-state index in [2.05, 4.69) is 0 Å². The van der Waals surface area contributed by atoms with Crippen LogP contribution in [0.25, 0.3) is 10.8 Å². The summed E-state index contributed by atoms with van der Waals surface area (Å²) in [7, 11) is 0. The van der Waals surface area contributed by atoms with Crippen LogP contribution in [-0.2, 0) is 0 Å². The normalized spacial score (nSPS) is 10.4. The van der Waals surface area contributed by atoms with E-state index in [4.69, 9.17) is 9.84 Å². The Bertz CT molecular complexity index is 920. The summed E-state index contributed by atoms with van der Waals surface area (Å²) in [4.78, 5) is 21.4. The van der Waals surface area contributed by atoms with Gasteiger partial charge in [-0.3, -0.25) is 10.1 Å². The van der Waals surface area contributed by atoms with Gasteiger partial charge >= 0.3 is 11.7 Å². The number of rotatable bonds is 4. The van der Waals surface area contributed by atoms with Gasteiger partial charge in [0.2, 0.25) is 5.75 Å². The summed E-state index contributed by atoms with van der Waals surface area (Å²) in [5.74, 6) is -0.796. The number of carboxylic acid groups (broad SMARTS) is 1. The predicted molar refractivity (Wildman–Crippen MR) is 84.1 cm³/mol. The Morgan fingerprint density at radius 3 is 2.43 bits per heavy atom. The van der Waals surface area contributed by atoms with Crippen molar-refractivity contribution >= 4 is 22.4 Å². The van der Waals surface area contributed by atoms with E-state index in [1.807, 2.05) is 30.3 Å². The number of carboxylic acids is 1. The van der Waals surface area contributed by atoms with Crippen molar-refractivity contribution in [2.24, 2.45) is 0 Å². The lowest BCUT2D eigenvalue weighted by Crippen LogP contribution is -2.00. The number of nitro groups is 1. The maximum absolute atomic E-state index is 11.1. The number of nitrogens with zero attached hydrogens (tertiary/aromatic N) is 1. The summed E-state index contributed by atoms with van der Waals surface area (Å²) in [5.41, 5.74) is -0.555. The second-order valence-electron chi connectivity index (χ2n) is 4.86. The topological polar surface area (TPSA) is 89.7 Å². The van der Waals surface area contributed by atoms with Gasteiger partial charge in [-0.15, -0.1) is 0 Å². The summed E-state index contributed by atoms with van der Waals surface area (Å²) in [6, 6.07) is 16.5. The summed E-state index contributed by atoms with van der Waals surface area (Å²) in [5, 5.41) is 22.0. The molecule has 0 saturated heterocycles. The molecular weight excluding hydrogens is 298 g/mol. The highest BCUT2D eigenvalue weighted by molar-refractivity contribution is 5.89. The van der Waals surface area contributed by atoms with E-state index in [9.17, 15) is 14.9 Å². The lowest BCUT2D eigenvalue weighted by atomic mass is 10.1. The van der Waals surface area contributed by atoms with E-state index in [0.717, 1.165) is 16.8 Å². The first kappa shape index (κ1) is 14.5. The molecule has 0 aliphatic heterocycles. The molecule has 0 atom stereocenters. The quantitative estimate of drug-likeness (QED) is 0.575. The third-order valence-corrected chi connectivity index (χ3v) is 3.35. The lowest BCUT2D eigenvalue weighted by molar-refractivity contribution is -0.385. The molecule has 0 amide bonds.